The molecule has 2 aliphatic heterocycles. The number of fused-ring (bicyclic) bond motifs is 1. The van der Waals surface area contributed by atoms with Crippen LogP contribution in [0.25, 0.3) is 0 Å². The minimum Gasteiger partial charge on any atom is -0.322 e. The third-order valence-corrected chi connectivity index (χ3v) is 5.82. The van der Waals surface area contributed by atoms with Gasteiger partial charge in [-0.1, -0.05) is 25.0 Å². The number of para-hydroxylation sites is 2. The Morgan fingerprint density at radius 1 is 1.07 bits per heavy atom. The number of nitrogens with zero attached hydrogens (tertiary/aromatic N) is 3. The highest BCUT2D eigenvalue weighted by Crippen LogP contribution is 2.37. The molecule has 1 aromatic carbocycles. The first-order chi connectivity index (χ1) is 13.7. The third-order valence-electron chi connectivity index (χ3n) is 5.82. The minimum absolute atomic E-state index is 0.294. The van der Waals surface area contributed by atoms with E-state index in [0.717, 1.165) is 17.7 Å². The average Bonchev–Trinajstić information content (AvgIpc) is 3.26. The van der Waals surface area contributed by atoms with Gasteiger partial charge in [-0.2, -0.15) is 0 Å². The molecular formula is C20H22N4O5. The molecule has 4 rings (SSSR count). The fourth-order valence-electron chi connectivity index (χ4n) is 4.25. The van der Waals surface area contributed by atoms with Crippen LogP contribution >= 0.6 is 0 Å². The first-order valence-electron chi connectivity index (χ1n) is 9.66. The van der Waals surface area contributed by atoms with E-state index in [1.54, 1.807) is 38.1 Å². The maximum absolute atomic E-state index is 13.2. The maximum Gasteiger partial charge on any atom is 0.334 e. The van der Waals surface area contributed by atoms with E-state index in [1.165, 1.54) is 4.90 Å². The number of amides is 6. The fraction of sp³-hybridized carbons (Fsp3) is 0.450. The summed E-state index contributed by atoms with van der Waals surface area (Å²) in [6.45, 7) is 2.57. The fourth-order valence-corrected chi connectivity index (χ4v) is 4.25. The van der Waals surface area contributed by atoms with Crippen molar-refractivity contribution < 1.29 is 24.0 Å². The second kappa shape index (κ2) is 6.68. The second-order valence-corrected chi connectivity index (χ2v) is 8.05. The Balaban J connectivity index is 1.62. The molecule has 0 aromatic heterocycles. The first kappa shape index (κ1) is 19.1. The Labute approximate surface area is 167 Å². The van der Waals surface area contributed by atoms with E-state index in [4.69, 9.17) is 0 Å². The molecule has 1 N–H and O–H groups in total. The number of benzene rings is 1. The van der Waals surface area contributed by atoms with Gasteiger partial charge in [-0.25, -0.2) is 9.69 Å². The molecule has 29 heavy (non-hydrogen) atoms. The molecule has 1 saturated heterocycles. The van der Waals surface area contributed by atoms with Gasteiger partial charge in [-0.05, 0) is 38.8 Å². The van der Waals surface area contributed by atoms with Gasteiger partial charge in [-0.15, -0.1) is 0 Å². The molecule has 0 bridgehead atoms. The van der Waals surface area contributed by atoms with Gasteiger partial charge < -0.3 is 5.32 Å². The highest BCUT2D eigenvalue weighted by Gasteiger charge is 2.50. The molecule has 9 nitrogen and oxygen atoms in total. The van der Waals surface area contributed by atoms with Gasteiger partial charge in [0.1, 0.15) is 12.1 Å². The average molecular weight is 398 g/mol. The maximum atomic E-state index is 13.2. The highest BCUT2D eigenvalue weighted by molar-refractivity contribution is 6.45. The number of carbonyl (C=O) groups excluding carboxylic acids is 5. The first-order valence-corrected chi connectivity index (χ1v) is 9.66. The van der Waals surface area contributed by atoms with Gasteiger partial charge in [0.2, 0.25) is 11.8 Å². The predicted octanol–water partition coefficient (Wildman–Crippen LogP) is 1.48. The standard InChI is InChI=1S/C20H22N4O5/c1-20(2)18(28)21-13-9-5-6-10-14(13)24(20)15(25)11-22-16(26)17(27)23(19(22)29)12-7-3-4-8-12/h5-6,9-10,12H,3-4,7-8,11H2,1-2H3,(H,21,28). The Morgan fingerprint density at radius 3 is 2.41 bits per heavy atom. The van der Waals surface area contributed by atoms with Crippen LogP contribution in [0.15, 0.2) is 24.3 Å². The van der Waals surface area contributed by atoms with Gasteiger partial charge in [0.25, 0.3) is 0 Å². The van der Waals surface area contributed by atoms with E-state index in [0.29, 0.717) is 29.1 Å². The lowest BCUT2D eigenvalue weighted by Crippen LogP contribution is -2.60. The van der Waals surface area contributed by atoms with Crippen molar-refractivity contribution in [1.29, 1.82) is 0 Å². The molecule has 1 saturated carbocycles. The smallest absolute Gasteiger partial charge is 0.322 e. The lowest BCUT2D eigenvalue weighted by atomic mass is 9.96. The van der Waals surface area contributed by atoms with Crippen LogP contribution < -0.4 is 10.2 Å². The number of imide groups is 2. The number of nitrogens with one attached hydrogen (secondary N) is 1. The van der Waals surface area contributed by atoms with Gasteiger partial charge >= 0.3 is 17.8 Å². The summed E-state index contributed by atoms with van der Waals surface area (Å²) in [6.07, 6.45) is 3.11. The van der Waals surface area contributed by atoms with E-state index < -0.39 is 35.8 Å². The topological polar surface area (TPSA) is 107 Å². The van der Waals surface area contributed by atoms with Crippen LogP contribution in [-0.4, -0.2) is 57.6 Å². The van der Waals surface area contributed by atoms with Crippen molar-refractivity contribution in [2.24, 2.45) is 0 Å². The van der Waals surface area contributed by atoms with E-state index in [-0.39, 0.29) is 11.9 Å². The number of hydrogen-bond donors (Lipinski definition) is 1. The number of rotatable bonds is 3. The van der Waals surface area contributed by atoms with Crippen LogP contribution in [0.4, 0.5) is 16.2 Å². The Morgan fingerprint density at radius 2 is 1.72 bits per heavy atom. The van der Waals surface area contributed by atoms with Gasteiger partial charge in [-0.3, -0.25) is 29.0 Å². The molecule has 0 spiro atoms. The van der Waals surface area contributed by atoms with Crippen LogP contribution in [0, 0.1) is 0 Å². The molecule has 0 unspecified atom stereocenters. The van der Waals surface area contributed by atoms with Crippen LogP contribution in [0.2, 0.25) is 0 Å². The van der Waals surface area contributed by atoms with E-state index in [1.807, 2.05) is 0 Å². The largest absolute Gasteiger partial charge is 0.334 e. The van der Waals surface area contributed by atoms with Crippen LogP contribution in [0.1, 0.15) is 39.5 Å². The SMILES string of the molecule is CC1(C)C(=O)Nc2ccccc2N1C(=O)CN1C(=O)C(=O)N(C2CCCC2)C1=O. The molecule has 2 heterocycles. The third kappa shape index (κ3) is 2.88. The molecule has 6 amide bonds. The summed E-state index contributed by atoms with van der Waals surface area (Å²) in [6, 6.07) is 5.75. The lowest BCUT2D eigenvalue weighted by Gasteiger charge is -2.42. The van der Waals surface area contributed by atoms with Crippen molar-refractivity contribution in [3.63, 3.8) is 0 Å². The van der Waals surface area contributed by atoms with E-state index in [9.17, 15) is 24.0 Å². The molecular weight excluding hydrogens is 376 g/mol. The quantitative estimate of drug-likeness (QED) is 0.613. The number of anilines is 2. The lowest BCUT2D eigenvalue weighted by molar-refractivity contribution is -0.144. The highest BCUT2D eigenvalue weighted by atomic mass is 16.2. The summed E-state index contributed by atoms with van der Waals surface area (Å²) < 4.78 is 0. The summed E-state index contributed by atoms with van der Waals surface area (Å²) in [4.78, 5) is 66.2. The number of carbonyl (C=O) groups is 5. The molecule has 3 aliphatic rings. The zero-order valence-corrected chi connectivity index (χ0v) is 16.3. The number of hydrogen-bond acceptors (Lipinski definition) is 5. The summed E-state index contributed by atoms with van der Waals surface area (Å²) in [5, 5.41) is 2.75. The summed E-state index contributed by atoms with van der Waals surface area (Å²) in [7, 11) is 0. The van der Waals surface area contributed by atoms with Crippen molar-refractivity contribution in [2.75, 3.05) is 16.8 Å². The normalized spacial score (nSPS) is 21.7. The summed E-state index contributed by atoms with van der Waals surface area (Å²) in [5.74, 6) is -2.87. The monoisotopic (exact) mass is 398 g/mol. The molecule has 9 heteroatoms. The van der Waals surface area contributed by atoms with Crippen LogP contribution in [-0.2, 0) is 19.2 Å². The Bertz CT molecular complexity index is 935. The van der Waals surface area contributed by atoms with Crippen molar-refractivity contribution in [1.82, 2.24) is 9.80 Å². The Kier molecular flexibility index (Phi) is 4.40. The van der Waals surface area contributed by atoms with Crippen LogP contribution in [0.5, 0.6) is 0 Å². The van der Waals surface area contributed by atoms with Crippen molar-refractivity contribution >= 4 is 41.0 Å². The summed E-state index contributed by atoms with van der Waals surface area (Å²) in [5.41, 5.74) is -0.292. The van der Waals surface area contributed by atoms with Crippen molar-refractivity contribution in [3.05, 3.63) is 24.3 Å². The van der Waals surface area contributed by atoms with E-state index in [2.05, 4.69) is 5.32 Å². The zero-order chi connectivity index (χ0) is 20.9. The van der Waals surface area contributed by atoms with Crippen LogP contribution in [0.3, 0.4) is 0 Å². The van der Waals surface area contributed by atoms with Crippen molar-refractivity contribution in [3.8, 4) is 0 Å². The zero-order valence-electron chi connectivity index (χ0n) is 16.3. The van der Waals surface area contributed by atoms with E-state index >= 15 is 0 Å². The molecule has 152 valence electrons. The van der Waals surface area contributed by atoms with Gasteiger partial charge in [0, 0.05) is 6.04 Å². The molecule has 0 radical (unpaired) electrons. The van der Waals surface area contributed by atoms with Crippen molar-refractivity contribution in [2.45, 2.75) is 51.1 Å². The minimum atomic E-state index is -1.23. The summed E-state index contributed by atoms with van der Waals surface area (Å²) >= 11 is 0. The molecule has 1 aliphatic carbocycles. The number of urea groups is 1. The van der Waals surface area contributed by atoms with Gasteiger partial charge in [0.15, 0.2) is 0 Å². The molecule has 1 aromatic rings. The Hall–Kier alpha value is -3.23. The molecule has 0 atom stereocenters. The molecule has 2 fully saturated rings. The van der Waals surface area contributed by atoms with Gasteiger partial charge in [0.05, 0.1) is 11.4 Å². The predicted molar refractivity (Wildman–Crippen MR) is 103 cm³/mol. The second-order valence-electron chi connectivity index (χ2n) is 8.05.